The Balaban J connectivity index is 1.66. The van der Waals surface area contributed by atoms with Gasteiger partial charge in [-0.1, -0.05) is 12.1 Å². The van der Waals surface area contributed by atoms with E-state index in [1.54, 1.807) is 24.3 Å². The van der Waals surface area contributed by atoms with Crippen LogP contribution in [0.25, 0.3) is 0 Å². The average Bonchev–Trinajstić information content (AvgIpc) is 2.88. The van der Waals surface area contributed by atoms with Crippen LogP contribution in [0.15, 0.2) is 24.3 Å². The number of hydrogen-bond acceptors (Lipinski definition) is 5. The Labute approximate surface area is 106 Å². The Kier molecular flexibility index (Phi) is 5.01. The SMILES string of the molecule is OB(O)c1ccc(OCCOC2CCOC2)cc1. The highest BCUT2D eigenvalue weighted by Gasteiger charge is 2.15. The van der Waals surface area contributed by atoms with E-state index >= 15 is 0 Å². The molecule has 1 atom stereocenters. The fourth-order valence-corrected chi connectivity index (χ4v) is 1.75. The van der Waals surface area contributed by atoms with Crippen LogP contribution in [-0.4, -0.2) is 49.7 Å². The average molecular weight is 252 g/mol. The number of benzene rings is 1. The molecule has 1 saturated heterocycles. The molecular formula is C12H17BO5. The van der Waals surface area contributed by atoms with Crippen molar-refractivity contribution < 1.29 is 24.3 Å². The summed E-state index contributed by atoms with van der Waals surface area (Å²) in [7, 11) is -1.44. The Morgan fingerprint density at radius 3 is 2.61 bits per heavy atom. The highest BCUT2D eigenvalue weighted by Crippen LogP contribution is 2.09. The monoisotopic (exact) mass is 252 g/mol. The normalized spacial score (nSPS) is 18.9. The highest BCUT2D eigenvalue weighted by molar-refractivity contribution is 6.58. The lowest BCUT2D eigenvalue weighted by atomic mass is 9.80. The summed E-state index contributed by atoms with van der Waals surface area (Å²) in [4.78, 5) is 0. The Morgan fingerprint density at radius 2 is 2.00 bits per heavy atom. The standard InChI is InChI=1S/C12H17BO5/c14-13(15)10-1-3-11(4-2-10)17-7-8-18-12-5-6-16-9-12/h1-4,12,14-15H,5-9H2. The second kappa shape index (κ2) is 6.75. The highest BCUT2D eigenvalue weighted by atomic mass is 16.6. The van der Waals surface area contributed by atoms with Gasteiger partial charge >= 0.3 is 7.12 Å². The minimum Gasteiger partial charge on any atom is -0.491 e. The van der Waals surface area contributed by atoms with Gasteiger partial charge in [0.1, 0.15) is 12.4 Å². The zero-order valence-corrected chi connectivity index (χ0v) is 10.1. The van der Waals surface area contributed by atoms with Crippen molar-refractivity contribution in [2.45, 2.75) is 12.5 Å². The summed E-state index contributed by atoms with van der Waals surface area (Å²) in [5.41, 5.74) is 0.446. The van der Waals surface area contributed by atoms with Crippen molar-refractivity contribution in [1.29, 1.82) is 0 Å². The zero-order valence-electron chi connectivity index (χ0n) is 10.1. The minimum absolute atomic E-state index is 0.195. The van der Waals surface area contributed by atoms with Gasteiger partial charge in [-0.25, -0.2) is 0 Å². The molecule has 6 heteroatoms. The van der Waals surface area contributed by atoms with E-state index in [0.29, 0.717) is 31.0 Å². The number of hydrogen-bond donors (Lipinski definition) is 2. The summed E-state index contributed by atoms with van der Waals surface area (Å²) in [5, 5.41) is 17.9. The van der Waals surface area contributed by atoms with Crippen molar-refractivity contribution in [2.75, 3.05) is 26.4 Å². The van der Waals surface area contributed by atoms with Gasteiger partial charge in [-0.3, -0.25) is 0 Å². The van der Waals surface area contributed by atoms with E-state index in [-0.39, 0.29) is 6.10 Å². The lowest BCUT2D eigenvalue weighted by Gasteiger charge is -2.11. The molecule has 18 heavy (non-hydrogen) atoms. The van der Waals surface area contributed by atoms with Crippen molar-refractivity contribution in [2.24, 2.45) is 0 Å². The molecule has 1 aromatic rings. The second-order valence-corrected chi connectivity index (χ2v) is 4.15. The molecule has 98 valence electrons. The van der Waals surface area contributed by atoms with Gasteiger partial charge in [-0.05, 0) is 24.0 Å². The Bertz CT molecular complexity index is 348. The second-order valence-electron chi connectivity index (χ2n) is 4.15. The summed E-state index contributed by atoms with van der Waals surface area (Å²) < 4.78 is 16.2. The molecule has 1 aliphatic heterocycles. The maximum Gasteiger partial charge on any atom is 0.488 e. The van der Waals surface area contributed by atoms with Crippen LogP contribution < -0.4 is 10.2 Å². The van der Waals surface area contributed by atoms with Crippen LogP contribution in [0.1, 0.15) is 6.42 Å². The predicted octanol–water partition coefficient (Wildman–Crippen LogP) is -0.449. The fraction of sp³-hybridized carbons (Fsp3) is 0.500. The lowest BCUT2D eigenvalue weighted by Crippen LogP contribution is -2.29. The molecule has 5 nitrogen and oxygen atoms in total. The molecule has 1 aliphatic rings. The molecule has 2 rings (SSSR count). The van der Waals surface area contributed by atoms with Gasteiger partial charge in [-0.2, -0.15) is 0 Å². The van der Waals surface area contributed by atoms with E-state index < -0.39 is 7.12 Å². The van der Waals surface area contributed by atoms with Crippen LogP contribution in [-0.2, 0) is 9.47 Å². The molecule has 1 unspecified atom stereocenters. The summed E-state index contributed by atoms with van der Waals surface area (Å²) >= 11 is 0. The molecule has 0 amide bonds. The third kappa shape index (κ3) is 3.99. The first-order valence-electron chi connectivity index (χ1n) is 6.04. The predicted molar refractivity (Wildman–Crippen MR) is 66.9 cm³/mol. The number of rotatable bonds is 6. The summed E-state index contributed by atoms with van der Waals surface area (Å²) in [6.45, 7) is 2.44. The van der Waals surface area contributed by atoms with Crippen LogP contribution >= 0.6 is 0 Å². The lowest BCUT2D eigenvalue weighted by molar-refractivity contribution is 0.0265. The first-order valence-corrected chi connectivity index (χ1v) is 6.04. The van der Waals surface area contributed by atoms with Gasteiger partial charge in [0.15, 0.2) is 0 Å². The minimum atomic E-state index is -1.44. The van der Waals surface area contributed by atoms with E-state index in [1.165, 1.54) is 0 Å². The smallest absolute Gasteiger partial charge is 0.488 e. The van der Waals surface area contributed by atoms with Gasteiger partial charge in [0.25, 0.3) is 0 Å². The fourth-order valence-electron chi connectivity index (χ4n) is 1.75. The molecule has 0 aliphatic carbocycles. The maximum atomic E-state index is 8.93. The molecule has 1 fully saturated rings. The van der Waals surface area contributed by atoms with Gasteiger partial charge in [-0.15, -0.1) is 0 Å². The summed E-state index contributed by atoms with van der Waals surface area (Å²) in [6, 6.07) is 6.64. The van der Waals surface area contributed by atoms with Gasteiger partial charge in [0.2, 0.25) is 0 Å². The molecule has 0 spiro atoms. The molecular weight excluding hydrogens is 235 g/mol. The molecule has 0 aromatic heterocycles. The quantitative estimate of drug-likeness (QED) is 0.530. The number of ether oxygens (including phenoxy) is 3. The Hall–Kier alpha value is -1.08. The zero-order chi connectivity index (χ0) is 12.8. The topological polar surface area (TPSA) is 68.2 Å². The third-order valence-electron chi connectivity index (χ3n) is 2.77. The van der Waals surface area contributed by atoms with Crippen molar-refractivity contribution in [1.82, 2.24) is 0 Å². The van der Waals surface area contributed by atoms with Gasteiger partial charge in [0, 0.05) is 6.61 Å². The van der Waals surface area contributed by atoms with Crippen LogP contribution in [0, 0.1) is 0 Å². The van der Waals surface area contributed by atoms with Crippen LogP contribution in [0.4, 0.5) is 0 Å². The Morgan fingerprint density at radius 1 is 1.22 bits per heavy atom. The summed E-state index contributed by atoms with van der Waals surface area (Å²) in [5.74, 6) is 0.686. The molecule has 1 aromatic carbocycles. The first-order chi connectivity index (χ1) is 8.75. The third-order valence-corrected chi connectivity index (χ3v) is 2.77. The maximum absolute atomic E-state index is 8.93. The van der Waals surface area contributed by atoms with E-state index in [1.807, 2.05) is 0 Å². The largest absolute Gasteiger partial charge is 0.491 e. The van der Waals surface area contributed by atoms with Crippen molar-refractivity contribution in [3.05, 3.63) is 24.3 Å². The van der Waals surface area contributed by atoms with E-state index in [0.717, 1.165) is 13.0 Å². The molecule has 0 radical (unpaired) electrons. The molecule has 0 saturated carbocycles. The molecule has 1 heterocycles. The molecule has 2 N–H and O–H groups in total. The molecule has 0 bridgehead atoms. The summed E-state index contributed by atoms with van der Waals surface area (Å²) in [6.07, 6.45) is 1.14. The van der Waals surface area contributed by atoms with Crippen LogP contribution in [0.3, 0.4) is 0 Å². The van der Waals surface area contributed by atoms with E-state index in [4.69, 9.17) is 24.3 Å². The van der Waals surface area contributed by atoms with E-state index in [9.17, 15) is 0 Å². The van der Waals surface area contributed by atoms with Crippen molar-refractivity contribution in [3.63, 3.8) is 0 Å². The van der Waals surface area contributed by atoms with Gasteiger partial charge in [0.05, 0.1) is 19.3 Å². The van der Waals surface area contributed by atoms with Gasteiger partial charge < -0.3 is 24.3 Å². The van der Waals surface area contributed by atoms with Crippen molar-refractivity contribution >= 4 is 12.6 Å². The first kappa shape index (κ1) is 13.4. The van der Waals surface area contributed by atoms with Crippen molar-refractivity contribution in [3.8, 4) is 5.75 Å². The van der Waals surface area contributed by atoms with Crippen LogP contribution in [0.5, 0.6) is 5.75 Å². The van der Waals surface area contributed by atoms with E-state index in [2.05, 4.69) is 0 Å². The van der Waals surface area contributed by atoms with Crippen LogP contribution in [0.2, 0.25) is 0 Å².